The minimum atomic E-state index is -3.55. The van der Waals surface area contributed by atoms with Crippen LogP contribution in [0.25, 0.3) is 0 Å². The van der Waals surface area contributed by atoms with Crippen molar-refractivity contribution >= 4 is 24.5 Å². The van der Waals surface area contributed by atoms with Crippen LogP contribution in [0.2, 0.25) is 18.1 Å². The third-order valence-corrected chi connectivity index (χ3v) is 10.4. The topological polar surface area (TPSA) is 82.1 Å². The van der Waals surface area contributed by atoms with Crippen LogP contribution in [-0.4, -0.2) is 65.4 Å². The van der Waals surface area contributed by atoms with Crippen LogP contribution < -0.4 is 0 Å². The summed E-state index contributed by atoms with van der Waals surface area (Å²) in [5.74, 6) is 0. The third kappa shape index (κ3) is 7.55. The van der Waals surface area contributed by atoms with E-state index in [1.165, 1.54) is 6.08 Å². The van der Waals surface area contributed by atoms with Gasteiger partial charge in [0.15, 0.2) is 8.32 Å². The highest BCUT2D eigenvalue weighted by Gasteiger charge is 2.44. The molecule has 0 saturated carbocycles. The second-order valence-corrected chi connectivity index (χ2v) is 15.1. The van der Waals surface area contributed by atoms with Crippen molar-refractivity contribution in [3.63, 3.8) is 0 Å². The first-order valence-electron chi connectivity index (χ1n) is 9.26. The van der Waals surface area contributed by atoms with Crippen molar-refractivity contribution in [1.29, 1.82) is 0 Å². The van der Waals surface area contributed by atoms with Crippen LogP contribution in [0, 0.1) is 0 Å². The van der Waals surface area contributed by atoms with Gasteiger partial charge in [0.1, 0.15) is 6.61 Å². The maximum atomic E-state index is 12.4. The highest BCUT2D eigenvalue weighted by Crippen LogP contribution is 2.39. The van der Waals surface area contributed by atoms with E-state index in [9.17, 15) is 13.2 Å². The minimum Gasteiger partial charge on any atom is -0.445 e. The summed E-state index contributed by atoms with van der Waals surface area (Å²) in [6.45, 7) is 16.7. The summed E-state index contributed by atoms with van der Waals surface area (Å²) >= 11 is 0. The Morgan fingerprint density at radius 3 is 2.44 bits per heavy atom. The molecule has 158 valence electrons. The number of ether oxygens (including phenoxy) is 1. The number of nitrogens with zero attached hydrogens (tertiary/aromatic N) is 1. The molecule has 0 N–H and O–H groups in total. The fourth-order valence-corrected chi connectivity index (χ4v) is 4.97. The molecule has 1 heterocycles. The molecule has 0 spiro atoms. The van der Waals surface area contributed by atoms with E-state index < -0.39 is 30.6 Å². The SMILES string of the molecule is C=CCOC(=O)N1C[C@H](O[Si](C)(C)C(C)(C)C)C[C@@H]1C[C@@H](C)OS(C)(=O)=O. The first-order valence-corrected chi connectivity index (χ1v) is 14.0. The van der Waals surface area contributed by atoms with Gasteiger partial charge in [0.25, 0.3) is 10.1 Å². The largest absolute Gasteiger partial charge is 0.445 e. The van der Waals surface area contributed by atoms with Gasteiger partial charge in [-0.15, -0.1) is 0 Å². The molecule has 0 aromatic carbocycles. The van der Waals surface area contributed by atoms with Gasteiger partial charge >= 0.3 is 6.09 Å². The fraction of sp³-hybridized carbons (Fsp3) is 0.833. The zero-order valence-corrected chi connectivity index (χ0v) is 19.5. The first kappa shape index (κ1) is 24.1. The smallest absolute Gasteiger partial charge is 0.410 e. The Balaban J connectivity index is 2.89. The number of rotatable bonds is 8. The molecule has 27 heavy (non-hydrogen) atoms. The van der Waals surface area contributed by atoms with Gasteiger partial charge in [-0.25, -0.2) is 4.79 Å². The quantitative estimate of drug-likeness (QED) is 0.339. The van der Waals surface area contributed by atoms with Crippen molar-refractivity contribution < 1.29 is 26.6 Å². The van der Waals surface area contributed by atoms with Gasteiger partial charge in [0.2, 0.25) is 0 Å². The Hall–Kier alpha value is -0.903. The number of carbonyl (C=O) groups is 1. The van der Waals surface area contributed by atoms with Crippen LogP contribution >= 0.6 is 0 Å². The summed E-state index contributed by atoms with van der Waals surface area (Å²) in [4.78, 5) is 14.1. The van der Waals surface area contributed by atoms with E-state index in [2.05, 4.69) is 40.4 Å². The van der Waals surface area contributed by atoms with E-state index in [4.69, 9.17) is 13.3 Å². The predicted molar refractivity (Wildman–Crippen MR) is 109 cm³/mol. The summed E-state index contributed by atoms with van der Waals surface area (Å²) in [7, 11) is -5.54. The van der Waals surface area contributed by atoms with Crippen LogP contribution in [-0.2, 0) is 23.5 Å². The van der Waals surface area contributed by atoms with Crippen molar-refractivity contribution in [3.05, 3.63) is 12.7 Å². The van der Waals surface area contributed by atoms with Crippen molar-refractivity contribution in [1.82, 2.24) is 4.90 Å². The van der Waals surface area contributed by atoms with E-state index in [0.29, 0.717) is 19.4 Å². The van der Waals surface area contributed by atoms with Crippen molar-refractivity contribution in [2.45, 2.75) is 76.9 Å². The van der Waals surface area contributed by atoms with Gasteiger partial charge in [0, 0.05) is 12.6 Å². The van der Waals surface area contributed by atoms with Gasteiger partial charge in [-0.1, -0.05) is 33.4 Å². The molecule has 1 amide bonds. The summed E-state index contributed by atoms with van der Waals surface area (Å²) < 4.78 is 39.5. The number of likely N-dealkylation sites (tertiary alicyclic amines) is 1. The first-order chi connectivity index (χ1) is 12.2. The molecule has 1 aliphatic rings. The number of hydrogen-bond donors (Lipinski definition) is 0. The van der Waals surface area contributed by atoms with Crippen LogP contribution in [0.3, 0.4) is 0 Å². The zero-order valence-electron chi connectivity index (χ0n) is 17.6. The molecule has 0 aliphatic carbocycles. The highest BCUT2D eigenvalue weighted by molar-refractivity contribution is 7.86. The fourth-order valence-electron chi connectivity index (χ4n) is 2.93. The van der Waals surface area contributed by atoms with Crippen LogP contribution in [0.4, 0.5) is 4.79 Å². The highest BCUT2D eigenvalue weighted by atomic mass is 32.2. The van der Waals surface area contributed by atoms with Crippen molar-refractivity contribution in [2.75, 3.05) is 19.4 Å². The average molecular weight is 422 g/mol. The van der Waals surface area contributed by atoms with Gasteiger partial charge in [-0.3, -0.25) is 4.18 Å². The lowest BCUT2D eigenvalue weighted by Crippen LogP contribution is -2.45. The molecule has 7 nitrogen and oxygen atoms in total. The van der Waals surface area contributed by atoms with E-state index in [1.807, 2.05) is 0 Å². The lowest BCUT2D eigenvalue weighted by molar-refractivity contribution is 0.0940. The molecular weight excluding hydrogens is 386 g/mol. The lowest BCUT2D eigenvalue weighted by Gasteiger charge is -2.38. The van der Waals surface area contributed by atoms with Crippen LogP contribution in [0.5, 0.6) is 0 Å². The molecule has 0 radical (unpaired) electrons. The third-order valence-electron chi connectivity index (χ3n) is 5.15. The van der Waals surface area contributed by atoms with E-state index in [1.54, 1.807) is 11.8 Å². The molecule has 3 atom stereocenters. The van der Waals surface area contributed by atoms with E-state index in [-0.39, 0.29) is 23.8 Å². The monoisotopic (exact) mass is 421 g/mol. The molecule has 0 aromatic heterocycles. The minimum absolute atomic E-state index is 0.0615. The molecule has 0 bridgehead atoms. The standard InChI is InChI=1S/C18H35NO6SSi/c1-9-10-23-17(20)19-13-16(25-27(7,8)18(3,4)5)12-15(19)11-14(2)24-26(6,21)22/h9,14-16H,1,10-13H2,2-8H3/t14-,15+,16-/m1/s1. The van der Waals surface area contributed by atoms with Crippen molar-refractivity contribution in [3.8, 4) is 0 Å². The Labute approximate surface area is 165 Å². The summed E-state index contributed by atoms with van der Waals surface area (Å²) in [6.07, 6.45) is 2.50. The molecule has 9 heteroatoms. The Morgan fingerprint density at radius 2 is 1.96 bits per heavy atom. The molecule has 1 rings (SSSR count). The maximum absolute atomic E-state index is 12.4. The van der Waals surface area contributed by atoms with E-state index in [0.717, 1.165) is 6.26 Å². The Morgan fingerprint density at radius 1 is 1.37 bits per heavy atom. The van der Waals surface area contributed by atoms with Crippen molar-refractivity contribution in [2.24, 2.45) is 0 Å². The molecule has 1 saturated heterocycles. The van der Waals surface area contributed by atoms with E-state index >= 15 is 0 Å². The zero-order chi connectivity index (χ0) is 21.0. The number of carbonyl (C=O) groups excluding carboxylic acids is 1. The van der Waals surface area contributed by atoms with Gasteiger partial charge < -0.3 is 14.1 Å². The molecule has 0 unspecified atom stereocenters. The molecule has 1 aliphatic heterocycles. The summed E-state index contributed by atoms with van der Waals surface area (Å²) in [6, 6.07) is -0.200. The van der Waals surface area contributed by atoms with Gasteiger partial charge in [-0.05, 0) is 37.9 Å². The van der Waals surface area contributed by atoms with Gasteiger partial charge in [-0.2, -0.15) is 8.42 Å². The summed E-state index contributed by atoms with van der Waals surface area (Å²) in [5, 5.41) is 0.0615. The van der Waals surface area contributed by atoms with Crippen LogP contribution in [0.15, 0.2) is 12.7 Å². The predicted octanol–water partition coefficient (Wildman–Crippen LogP) is 3.53. The maximum Gasteiger partial charge on any atom is 0.410 e. The molecule has 0 aromatic rings. The number of amides is 1. The normalized spacial score (nSPS) is 22.6. The number of hydrogen-bond acceptors (Lipinski definition) is 6. The second kappa shape index (κ2) is 9.06. The average Bonchev–Trinajstić information content (AvgIpc) is 2.83. The molecular formula is C18H35NO6SSi. The molecule has 1 fully saturated rings. The Kier molecular flexibility index (Phi) is 8.10. The lowest BCUT2D eigenvalue weighted by atomic mass is 10.1. The Bertz CT molecular complexity index is 628. The summed E-state index contributed by atoms with van der Waals surface area (Å²) in [5.41, 5.74) is 0. The second-order valence-electron chi connectivity index (χ2n) is 8.75. The van der Waals surface area contributed by atoms with Gasteiger partial charge in [0.05, 0.1) is 18.5 Å². The van der Waals surface area contributed by atoms with Crippen LogP contribution in [0.1, 0.15) is 40.5 Å².